The second-order valence-corrected chi connectivity index (χ2v) is 7.53. The van der Waals surface area contributed by atoms with Gasteiger partial charge in [-0.2, -0.15) is 0 Å². The minimum atomic E-state index is -0.337. The van der Waals surface area contributed by atoms with Crippen LogP contribution >= 0.6 is 0 Å². The molecule has 2 saturated heterocycles. The maximum atomic E-state index is 13.3. The number of halogens is 1. The van der Waals surface area contributed by atoms with Gasteiger partial charge in [-0.15, -0.1) is 0 Å². The molecule has 6 heteroatoms. The molecule has 0 bridgehead atoms. The van der Waals surface area contributed by atoms with Gasteiger partial charge in [0.2, 0.25) is 5.91 Å². The van der Waals surface area contributed by atoms with Gasteiger partial charge in [-0.3, -0.25) is 4.79 Å². The Hall–Kier alpha value is -2.11. The third-order valence-electron chi connectivity index (χ3n) is 5.43. The Morgan fingerprint density at radius 2 is 2.12 bits per heavy atom. The fraction of sp³-hybridized carbons (Fsp3) is 0.579. The van der Waals surface area contributed by atoms with Gasteiger partial charge in [0.25, 0.3) is 0 Å². The van der Waals surface area contributed by atoms with Crippen molar-refractivity contribution in [2.75, 3.05) is 19.6 Å². The maximum Gasteiger partial charge on any atom is 0.317 e. The number of urea groups is 1. The zero-order valence-corrected chi connectivity index (χ0v) is 14.9. The zero-order chi connectivity index (χ0) is 18.0. The largest absolute Gasteiger partial charge is 0.349 e. The number of carbonyl (C=O) groups excluding carboxylic acids is 2. The molecule has 0 radical (unpaired) electrons. The molecule has 0 saturated carbocycles. The summed E-state index contributed by atoms with van der Waals surface area (Å²) in [7, 11) is 0. The summed E-state index contributed by atoms with van der Waals surface area (Å²) in [6.07, 6.45) is 3.04. The molecule has 3 amide bonds. The number of likely N-dealkylation sites (tertiary alicyclic amines) is 1. The van der Waals surface area contributed by atoms with Gasteiger partial charge in [0.15, 0.2) is 0 Å². The molecule has 3 rings (SSSR count). The number of carbonyl (C=O) groups is 2. The Labute approximate surface area is 148 Å². The van der Waals surface area contributed by atoms with E-state index in [-0.39, 0.29) is 23.3 Å². The van der Waals surface area contributed by atoms with Gasteiger partial charge in [-0.25, -0.2) is 9.18 Å². The summed E-state index contributed by atoms with van der Waals surface area (Å²) in [6, 6.07) is 4.88. The molecule has 1 atom stereocenters. The minimum Gasteiger partial charge on any atom is -0.349 e. The zero-order valence-electron chi connectivity index (χ0n) is 14.9. The van der Waals surface area contributed by atoms with Crippen LogP contribution in [-0.4, -0.2) is 42.0 Å². The van der Waals surface area contributed by atoms with Crippen LogP contribution in [0.4, 0.5) is 9.18 Å². The van der Waals surface area contributed by atoms with Crippen LogP contribution < -0.4 is 10.6 Å². The molecule has 2 heterocycles. The number of benzene rings is 1. The summed E-state index contributed by atoms with van der Waals surface area (Å²) >= 11 is 0. The lowest BCUT2D eigenvalue weighted by molar-refractivity contribution is -0.119. The molecule has 2 fully saturated rings. The third-order valence-corrected chi connectivity index (χ3v) is 5.43. The minimum absolute atomic E-state index is 0.0484. The highest BCUT2D eigenvalue weighted by Crippen LogP contribution is 2.30. The molecule has 0 aliphatic carbocycles. The Balaban J connectivity index is 1.50. The van der Waals surface area contributed by atoms with Crippen LogP contribution in [0.3, 0.4) is 0 Å². The second kappa shape index (κ2) is 7.02. The van der Waals surface area contributed by atoms with Gasteiger partial charge >= 0.3 is 6.03 Å². The highest BCUT2D eigenvalue weighted by Gasteiger charge is 2.34. The van der Waals surface area contributed by atoms with Gasteiger partial charge in [-0.1, -0.05) is 6.07 Å². The average molecular weight is 347 g/mol. The van der Waals surface area contributed by atoms with Crippen LogP contribution in [0.25, 0.3) is 0 Å². The Morgan fingerprint density at radius 1 is 1.40 bits per heavy atom. The number of nitrogens with one attached hydrogen (secondary N) is 2. The summed E-state index contributed by atoms with van der Waals surface area (Å²) in [4.78, 5) is 25.6. The first-order chi connectivity index (χ1) is 11.9. The summed E-state index contributed by atoms with van der Waals surface area (Å²) in [5.74, 6) is 0.217. The first-order valence-electron chi connectivity index (χ1n) is 8.96. The van der Waals surface area contributed by atoms with Crippen LogP contribution in [0, 0.1) is 12.7 Å². The monoisotopic (exact) mass is 347 g/mol. The Kier molecular flexibility index (Phi) is 4.97. The SMILES string of the molecule is Cc1cc(F)ccc1C1CCN(C(=O)NC[C@@]2(C)CCC(=O)N2)CC1. The molecule has 1 aromatic rings. The third kappa shape index (κ3) is 4.11. The summed E-state index contributed by atoms with van der Waals surface area (Å²) in [5, 5.41) is 5.88. The molecule has 25 heavy (non-hydrogen) atoms. The Bertz CT molecular complexity index is 671. The van der Waals surface area contributed by atoms with Crippen LogP contribution in [0.1, 0.15) is 49.7 Å². The number of hydrogen-bond donors (Lipinski definition) is 2. The standard InChI is InChI=1S/C19H26FN3O2/c1-13-11-15(20)3-4-16(13)14-6-9-23(10-7-14)18(25)21-12-19(2)8-5-17(24)22-19/h3-4,11,14H,5-10,12H2,1-2H3,(H,21,25)(H,22,24)/t19-/m1/s1. The number of aryl methyl sites for hydroxylation is 1. The summed E-state index contributed by atoms with van der Waals surface area (Å²) in [5.41, 5.74) is 1.83. The lowest BCUT2D eigenvalue weighted by Gasteiger charge is -2.34. The van der Waals surface area contributed by atoms with Gasteiger partial charge in [0.05, 0.1) is 5.54 Å². The predicted molar refractivity (Wildman–Crippen MR) is 93.9 cm³/mol. The van der Waals surface area contributed by atoms with E-state index in [2.05, 4.69) is 10.6 Å². The van der Waals surface area contributed by atoms with E-state index in [1.807, 2.05) is 24.8 Å². The number of amides is 3. The number of nitrogens with zero attached hydrogens (tertiary/aromatic N) is 1. The first-order valence-corrected chi connectivity index (χ1v) is 8.96. The van der Waals surface area contributed by atoms with Gasteiger partial charge in [0.1, 0.15) is 5.82 Å². The normalized spacial score (nSPS) is 24.3. The molecule has 0 unspecified atom stereocenters. The molecule has 136 valence electrons. The van der Waals surface area contributed by atoms with Crippen molar-refractivity contribution in [1.29, 1.82) is 0 Å². The van der Waals surface area contributed by atoms with Gasteiger partial charge < -0.3 is 15.5 Å². The number of rotatable bonds is 3. The molecule has 5 nitrogen and oxygen atoms in total. The van der Waals surface area contributed by atoms with Gasteiger partial charge in [-0.05, 0) is 62.3 Å². The van der Waals surface area contributed by atoms with E-state index >= 15 is 0 Å². The summed E-state index contributed by atoms with van der Waals surface area (Å²) < 4.78 is 13.3. The molecular formula is C19H26FN3O2. The van der Waals surface area contributed by atoms with Gasteiger partial charge in [0, 0.05) is 26.1 Å². The topological polar surface area (TPSA) is 61.4 Å². The predicted octanol–water partition coefficient (Wildman–Crippen LogP) is 2.69. The fourth-order valence-corrected chi connectivity index (χ4v) is 3.86. The van der Waals surface area contributed by atoms with Crippen molar-refractivity contribution < 1.29 is 14.0 Å². The lowest BCUT2D eigenvalue weighted by Crippen LogP contribution is -2.52. The van der Waals surface area contributed by atoms with Crippen LogP contribution in [0.2, 0.25) is 0 Å². The van der Waals surface area contributed by atoms with Crippen molar-refractivity contribution in [2.45, 2.75) is 51.0 Å². The van der Waals surface area contributed by atoms with E-state index in [0.29, 0.717) is 32.0 Å². The highest BCUT2D eigenvalue weighted by atomic mass is 19.1. The van der Waals surface area contributed by atoms with E-state index in [4.69, 9.17) is 0 Å². The van der Waals surface area contributed by atoms with Crippen LogP contribution in [-0.2, 0) is 4.79 Å². The van der Waals surface area contributed by atoms with Crippen molar-refractivity contribution >= 4 is 11.9 Å². The highest BCUT2D eigenvalue weighted by molar-refractivity contribution is 5.80. The molecule has 1 aromatic carbocycles. The van der Waals surface area contributed by atoms with Crippen molar-refractivity contribution in [3.63, 3.8) is 0 Å². The number of piperidine rings is 1. The molecule has 2 aliphatic rings. The molecule has 0 aromatic heterocycles. The van der Waals surface area contributed by atoms with E-state index in [1.54, 1.807) is 6.07 Å². The maximum absolute atomic E-state index is 13.3. The van der Waals surface area contributed by atoms with E-state index < -0.39 is 0 Å². The van der Waals surface area contributed by atoms with Crippen LogP contribution in [0.5, 0.6) is 0 Å². The van der Waals surface area contributed by atoms with Crippen molar-refractivity contribution in [3.05, 3.63) is 35.1 Å². The van der Waals surface area contributed by atoms with E-state index in [9.17, 15) is 14.0 Å². The van der Waals surface area contributed by atoms with Crippen molar-refractivity contribution in [1.82, 2.24) is 15.5 Å². The molecular weight excluding hydrogens is 321 g/mol. The second-order valence-electron chi connectivity index (χ2n) is 7.53. The Morgan fingerprint density at radius 3 is 2.72 bits per heavy atom. The molecule has 2 N–H and O–H groups in total. The molecule has 0 spiro atoms. The van der Waals surface area contributed by atoms with E-state index in [1.165, 1.54) is 11.6 Å². The van der Waals surface area contributed by atoms with Crippen molar-refractivity contribution in [2.24, 2.45) is 0 Å². The quantitative estimate of drug-likeness (QED) is 0.883. The van der Waals surface area contributed by atoms with E-state index in [0.717, 1.165) is 24.8 Å². The van der Waals surface area contributed by atoms with Crippen molar-refractivity contribution in [3.8, 4) is 0 Å². The number of hydrogen-bond acceptors (Lipinski definition) is 2. The summed E-state index contributed by atoms with van der Waals surface area (Å²) in [6.45, 7) is 5.73. The van der Waals surface area contributed by atoms with Crippen LogP contribution in [0.15, 0.2) is 18.2 Å². The lowest BCUT2D eigenvalue weighted by atomic mass is 9.87. The molecule has 2 aliphatic heterocycles. The fourth-order valence-electron chi connectivity index (χ4n) is 3.86. The average Bonchev–Trinajstić information content (AvgIpc) is 2.92. The smallest absolute Gasteiger partial charge is 0.317 e. The first kappa shape index (κ1) is 17.7.